The largest absolute Gasteiger partial charge is 0.319 e. The molecule has 2 aromatic heterocycles. The highest BCUT2D eigenvalue weighted by Gasteiger charge is 2.38. The third-order valence-corrected chi connectivity index (χ3v) is 12.6. The summed E-state index contributed by atoms with van der Waals surface area (Å²) in [5.74, 6) is 0. The summed E-state index contributed by atoms with van der Waals surface area (Å²) in [6.07, 6.45) is 0. The van der Waals surface area contributed by atoms with Crippen molar-refractivity contribution in [3.63, 3.8) is 0 Å². The van der Waals surface area contributed by atoms with Crippen LogP contribution >= 0.6 is 0 Å². The quantitative estimate of drug-likeness (QED) is 0.166. The maximum Gasteiger partial charge on any atom is 0.212 e. The van der Waals surface area contributed by atoms with Crippen LogP contribution in [0.4, 0.5) is 5.69 Å². The van der Waals surface area contributed by atoms with Gasteiger partial charge in [0, 0.05) is 32.4 Å². The van der Waals surface area contributed by atoms with E-state index in [1.165, 1.54) is 44.5 Å². The Labute approximate surface area is 313 Å². The Hall–Kier alpha value is -6.88. The van der Waals surface area contributed by atoms with Crippen molar-refractivity contribution >= 4 is 49.3 Å². The molecule has 54 heavy (non-hydrogen) atoms. The van der Waals surface area contributed by atoms with Gasteiger partial charge >= 0.3 is 0 Å². The molecule has 7 aromatic carbocycles. The molecule has 4 heteroatoms. The number of benzene rings is 7. The molecule has 11 rings (SSSR count). The van der Waals surface area contributed by atoms with Gasteiger partial charge in [-0.3, -0.25) is 0 Å². The van der Waals surface area contributed by atoms with Gasteiger partial charge in [-0.1, -0.05) is 113 Å². The molecule has 0 atom stereocenters. The first kappa shape index (κ1) is 30.7. The monoisotopic (exact) mass is 690 g/mol. The number of rotatable bonds is 2. The fraction of sp³-hybridized carbons (Fsp3) is 0.120. The number of nitriles is 1. The Kier molecular flexibility index (Phi) is 5.90. The lowest BCUT2D eigenvalue weighted by Crippen LogP contribution is -2.15. The van der Waals surface area contributed by atoms with Gasteiger partial charge < -0.3 is 9.13 Å². The van der Waals surface area contributed by atoms with Gasteiger partial charge in [-0.25, -0.2) is 4.85 Å². The van der Waals surface area contributed by atoms with Crippen LogP contribution in [0.3, 0.4) is 0 Å². The fourth-order valence-corrected chi connectivity index (χ4v) is 9.95. The van der Waals surface area contributed by atoms with Gasteiger partial charge in [0.1, 0.15) is 0 Å². The second kappa shape index (κ2) is 10.4. The normalized spacial score (nSPS) is 14.6. The van der Waals surface area contributed by atoms with Gasteiger partial charge in [-0.2, -0.15) is 5.26 Å². The smallest absolute Gasteiger partial charge is 0.212 e. The number of nitrogens with zero attached hydrogens (tertiary/aromatic N) is 4. The first-order valence-electron chi connectivity index (χ1n) is 18.5. The number of fused-ring (bicyclic) bond motifs is 12. The van der Waals surface area contributed by atoms with Crippen LogP contribution in [-0.2, 0) is 10.8 Å². The van der Waals surface area contributed by atoms with Crippen LogP contribution in [0.25, 0.3) is 82.1 Å². The van der Waals surface area contributed by atoms with Gasteiger partial charge in [0.05, 0.1) is 51.6 Å². The molecule has 4 nitrogen and oxygen atoms in total. The number of para-hydroxylation sites is 2. The Morgan fingerprint density at radius 3 is 1.44 bits per heavy atom. The lowest BCUT2D eigenvalue weighted by Gasteiger charge is -2.22. The van der Waals surface area contributed by atoms with E-state index >= 15 is 0 Å². The van der Waals surface area contributed by atoms with Crippen LogP contribution in [0.5, 0.6) is 0 Å². The van der Waals surface area contributed by atoms with Gasteiger partial charge in [-0.15, -0.1) is 0 Å². The van der Waals surface area contributed by atoms with Crippen molar-refractivity contribution in [2.75, 3.05) is 0 Å². The summed E-state index contributed by atoms with van der Waals surface area (Å²) in [5, 5.41) is 15.3. The molecule has 2 aliphatic carbocycles. The highest BCUT2D eigenvalue weighted by molar-refractivity contribution is 6.13. The van der Waals surface area contributed by atoms with Gasteiger partial charge in [0.25, 0.3) is 0 Å². The molecule has 0 amide bonds. The summed E-state index contributed by atoms with van der Waals surface area (Å²) in [6, 6.07) is 50.2. The van der Waals surface area contributed by atoms with E-state index in [-0.39, 0.29) is 10.8 Å². The fourth-order valence-electron chi connectivity index (χ4n) is 9.95. The average molecular weight is 691 g/mol. The molecule has 254 valence electrons. The molecule has 0 saturated carbocycles. The molecular formula is C50H34N4. The Morgan fingerprint density at radius 1 is 0.481 bits per heavy atom. The van der Waals surface area contributed by atoms with E-state index in [1.54, 1.807) is 6.07 Å². The molecule has 0 spiro atoms. The first-order valence-corrected chi connectivity index (χ1v) is 18.5. The molecule has 0 fully saturated rings. The van der Waals surface area contributed by atoms with Crippen LogP contribution in [0.1, 0.15) is 55.5 Å². The zero-order valence-electron chi connectivity index (χ0n) is 30.5. The highest BCUT2D eigenvalue weighted by Crippen LogP contribution is 2.53. The standard InChI is InChI=1S/C50H34N4/c1-49(2)38-18-10-6-14-30(38)34-23-36-32-16-8-12-20-43(32)53(46(36)25-40(34)49)45-27-48(42(52-5)22-29(45)28-51)54-44-21-13-9-17-33(44)37-24-35-31-15-7-11-19-39(31)50(3,4)41(35)26-47(37)54/h6-27H,1-4H3. The second-order valence-electron chi connectivity index (χ2n) is 16.0. The number of hydrogen-bond acceptors (Lipinski definition) is 1. The summed E-state index contributed by atoms with van der Waals surface area (Å²) in [7, 11) is 0. The zero-order chi connectivity index (χ0) is 36.7. The average Bonchev–Trinajstić information content (AvgIpc) is 3.84. The van der Waals surface area contributed by atoms with E-state index < -0.39 is 0 Å². The maximum atomic E-state index is 10.8. The summed E-state index contributed by atoms with van der Waals surface area (Å²) in [5.41, 5.74) is 16.5. The van der Waals surface area contributed by atoms with Gasteiger partial charge in [0.15, 0.2) is 0 Å². The molecule has 0 bridgehead atoms. The molecule has 0 radical (unpaired) electrons. The molecule has 0 unspecified atom stereocenters. The predicted octanol–water partition coefficient (Wildman–Crippen LogP) is 12.9. The van der Waals surface area contributed by atoms with Crippen molar-refractivity contribution < 1.29 is 0 Å². The van der Waals surface area contributed by atoms with Crippen molar-refractivity contribution in [3.05, 3.63) is 173 Å². The minimum Gasteiger partial charge on any atom is -0.319 e. The van der Waals surface area contributed by atoms with Crippen molar-refractivity contribution in [1.29, 1.82) is 5.26 Å². The summed E-state index contributed by atoms with van der Waals surface area (Å²) in [4.78, 5) is 4.09. The van der Waals surface area contributed by atoms with Crippen molar-refractivity contribution in [3.8, 4) is 39.7 Å². The van der Waals surface area contributed by atoms with E-state index in [2.05, 4.69) is 175 Å². The number of hydrogen-bond donors (Lipinski definition) is 0. The molecule has 2 aliphatic rings. The van der Waals surface area contributed by atoms with Crippen molar-refractivity contribution in [2.24, 2.45) is 0 Å². The van der Waals surface area contributed by atoms with Crippen LogP contribution < -0.4 is 0 Å². The van der Waals surface area contributed by atoms with E-state index in [0.717, 1.165) is 55.0 Å². The minimum absolute atomic E-state index is 0.184. The summed E-state index contributed by atoms with van der Waals surface area (Å²) in [6.45, 7) is 17.7. The molecular weight excluding hydrogens is 657 g/mol. The van der Waals surface area contributed by atoms with Crippen LogP contribution in [0.2, 0.25) is 0 Å². The van der Waals surface area contributed by atoms with Crippen molar-refractivity contribution in [1.82, 2.24) is 9.13 Å². The van der Waals surface area contributed by atoms with E-state index in [0.29, 0.717) is 11.3 Å². The first-order chi connectivity index (χ1) is 26.2. The summed E-state index contributed by atoms with van der Waals surface area (Å²) >= 11 is 0. The molecule has 0 aliphatic heterocycles. The topological polar surface area (TPSA) is 38.0 Å². The molecule has 9 aromatic rings. The van der Waals surface area contributed by atoms with Gasteiger partial charge in [-0.05, 0) is 93.0 Å². The predicted molar refractivity (Wildman–Crippen MR) is 221 cm³/mol. The van der Waals surface area contributed by atoms with Crippen LogP contribution in [-0.4, -0.2) is 9.13 Å². The Bertz CT molecular complexity index is 3030. The summed E-state index contributed by atoms with van der Waals surface area (Å²) < 4.78 is 4.51. The lowest BCUT2D eigenvalue weighted by molar-refractivity contribution is 0.661. The Balaban J connectivity index is 1.24. The number of aromatic nitrogens is 2. The van der Waals surface area contributed by atoms with Crippen LogP contribution in [0.15, 0.2) is 133 Å². The molecule has 0 N–H and O–H groups in total. The SMILES string of the molecule is [C-]#[N+]c1cc(C#N)c(-n2c3ccccc3c3cc4c(cc32)C(C)(C)c2ccccc2-4)cc1-n1c2ccccc2c2cc3c(cc21)C(C)(C)c1ccccc1-3. The van der Waals surface area contributed by atoms with E-state index in [9.17, 15) is 5.26 Å². The zero-order valence-corrected chi connectivity index (χ0v) is 30.5. The lowest BCUT2D eigenvalue weighted by atomic mass is 9.82. The van der Waals surface area contributed by atoms with E-state index in [4.69, 9.17) is 6.57 Å². The minimum atomic E-state index is -0.185. The van der Waals surface area contributed by atoms with Crippen molar-refractivity contribution in [2.45, 2.75) is 38.5 Å². The van der Waals surface area contributed by atoms with E-state index in [1.807, 2.05) is 0 Å². The Morgan fingerprint density at radius 2 is 0.944 bits per heavy atom. The van der Waals surface area contributed by atoms with Gasteiger partial charge in [0.2, 0.25) is 5.69 Å². The third-order valence-electron chi connectivity index (χ3n) is 12.6. The third kappa shape index (κ3) is 3.75. The highest BCUT2D eigenvalue weighted by atomic mass is 15.0. The van der Waals surface area contributed by atoms with Crippen LogP contribution in [0, 0.1) is 17.9 Å². The molecule has 2 heterocycles. The maximum absolute atomic E-state index is 10.8. The second-order valence-corrected chi connectivity index (χ2v) is 16.0. The molecule has 0 saturated heterocycles.